The molecule has 0 saturated heterocycles. The molecule has 0 fully saturated rings. The number of ether oxygens (including phenoxy) is 1. The van der Waals surface area contributed by atoms with E-state index in [0.717, 1.165) is 16.8 Å². The van der Waals surface area contributed by atoms with Gasteiger partial charge in [-0.15, -0.1) is 13.2 Å². The Hall–Kier alpha value is -3.49. The smallest absolute Gasteiger partial charge is 0.406 e. The van der Waals surface area contributed by atoms with Crippen LogP contribution in [-0.2, 0) is 6.54 Å². The fraction of sp³-hybridized carbons (Fsp3) is 0.158. The number of hydrazine groups is 1. The van der Waals surface area contributed by atoms with Crippen LogP contribution in [0.15, 0.2) is 59.6 Å². The molecule has 3 aromatic rings. The Morgan fingerprint density at radius 1 is 1.11 bits per heavy atom. The maximum atomic E-state index is 12.4. The number of alkyl halides is 3. The fourth-order valence-electron chi connectivity index (χ4n) is 2.93. The molecule has 0 aliphatic carbocycles. The normalized spacial score (nSPS) is 15.3. The highest BCUT2D eigenvalue weighted by molar-refractivity contribution is 6.03. The molecule has 6 nitrogen and oxygen atoms in total. The lowest BCUT2D eigenvalue weighted by Gasteiger charge is -2.33. The largest absolute Gasteiger partial charge is 0.573 e. The number of nitrogens with one attached hydrogen (secondary N) is 2. The number of fused-ring (bicyclic) bond motifs is 1. The predicted molar refractivity (Wildman–Crippen MR) is 98.4 cm³/mol. The topological polar surface area (TPSA) is 65.5 Å². The first-order chi connectivity index (χ1) is 13.4. The minimum Gasteiger partial charge on any atom is -0.406 e. The summed E-state index contributed by atoms with van der Waals surface area (Å²) in [6.07, 6.45) is -4.72. The highest BCUT2D eigenvalue weighted by Gasteiger charge is 2.31. The van der Waals surface area contributed by atoms with Crippen LogP contribution in [0.2, 0.25) is 0 Å². The van der Waals surface area contributed by atoms with E-state index in [9.17, 15) is 13.2 Å². The van der Waals surface area contributed by atoms with Crippen LogP contribution < -0.4 is 15.2 Å². The van der Waals surface area contributed by atoms with Crippen molar-refractivity contribution in [3.63, 3.8) is 0 Å². The number of H-pyrrole nitrogens is 1. The van der Waals surface area contributed by atoms with Gasteiger partial charge < -0.3 is 4.74 Å². The van der Waals surface area contributed by atoms with Gasteiger partial charge in [0.05, 0.1) is 12.2 Å². The zero-order valence-electron chi connectivity index (χ0n) is 14.8. The van der Waals surface area contributed by atoms with Gasteiger partial charge in [-0.3, -0.25) is 15.5 Å². The van der Waals surface area contributed by atoms with E-state index in [-0.39, 0.29) is 5.75 Å². The van der Waals surface area contributed by atoms with Crippen LogP contribution in [-0.4, -0.2) is 22.4 Å². The van der Waals surface area contributed by atoms with Crippen molar-refractivity contribution >= 4 is 17.3 Å². The summed E-state index contributed by atoms with van der Waals surface area (Å²) >= 11 is 0. The summed E-state index contributed by atoms with van der Waals surface area (Å²) in [5, 5.41) is 8.78. The SMILES string of the molecule is Cc1cc(N=C2NN(c3ccc(OC(F)(F)F)cc3)Cc3ccccc32)n[nH]1. The number of halogens is 3. The number of rotatable bonds is 3. The summed E-state index contributed by atoms with van der Waals surface area (Å²) in [5.41, 5.74) is 6.75. The molecule has 1 aliphatic heterocycles. The monoisotopic (exact) mass is 387 g/mol. The lowest BCUT2D eigenvalue weighted by Crippen LogP contribution is -2.46. The third-order valence-corrected chi connectivity index (χ3v) is 4.14. The molecule has 0 radical (unpaired) electrons. The molecule has 4 rings (SSSR count). The Balaban J connectivity index is 1.64. The molecular weight excluding hydrogens is 371 g/mol. The van der Waals surface area contributed by atoms with Crippen molar-refractivity contribution in [2.45, 2.75) is 19.8 Å². The second kappa shape index (κ2) is 6.91. The van der Waals surface area contributed by atoms with Crippen molar-refractivity contribution in [3.05, 3.63) is 71.4 Å². The Morgan fingerprint density at radius 2 is 1.86 bits per heavy atom. The number of aromatic amines is 1. The molecule has 0 saturated carbocycles. The van der Waals surface area contributed by atoms with Crippen molar-refractivity contribution in [1.82, 2.24) is 15.6 Å². The maximum Gasteiger partial charge on any atom is 0.573 e. The van der Waals surface area contributed by atoms with Gasteiger partial charge in [-0.1, -0.05) is 24.3 Å². The van der Waals surface area contributed by atoms with Crippen LogP contribution in [0.1, 0.15) is 16.8 Å². The summed E-state index contributed by atoms with van der Waals surface area (Å²) in [4.78, 5) is 4.57. The van der Waals surface area contributed by atoms with Gasteiger partial charge in [0.15, 0.2) is 11.7 Å². The van der Waals surface area contributed by atoms with Gasteiger partial charge >= 0.3 is 6.36 Å². The number of aliphatic imine (C=N–C) groups is 1. The van der Waals surface area contributed by atoms with Crippen molar-refractivity contribution in [1.29, 1.82) is 0 Å². The molecule has 0 spiro atoms. The average Bonchev–Trinajstić information content (AvgIpc) is 3.06. The van der Waals surface area contributed by atoms with Crippen molar-refractivity contribution < 1.29 is 17.9 Å². The number of aromatic nitrogens is 2. The van der Waals surface area contributed by atoms with Gasteiger partial charge in [-0.05, 0) is 36.8 Å². The van der Waals surface area contributed by atoms with E-state index in [1.54, 1.807) is 17.1 Å². The van der Waals surface area contributed by atoms with E-state index in [4.69, 9.17) is 0 Å². The van der Waals surface area contributed by atoms with E-state index in [1.165, 1.54) is 12.1 Å². The van der Waals surface area contributed by atoms with E-state index < -0.39 is 6.36 Å². The van der Waals surface area contributed by atoms with Crippen molar-refractivity contribution in [2.75, 3.05) is 5.01 Å². The van der Waals surface area contributed by atoms with Gasteiger partial charge in [-0.2, -0.15) is 5.10 Å². The van der Waals surface area contributed by atoms with Crippen LogP contribution in [0.25, 0.3) is 0 Å². The Bertz CT molecular complexity index is 1010. The van der Waals surface area contributed by atoms with E-state index in [1.807, 2.05) is 37.3 Å². The molecule has 2 N–H and O–H groups in total. The van der Waals surface area contributed by atoms with E-state index in [0.29, 0.717) is 23.9 Å². The molecule has 2 heterocycles. The van der Waals surface area contributed by atoms with Crippen molar-refractivity contribution in [2.24, 2.45) is 4.99 Å². The van der Waals surface area contributed by atoms with E-state index >= 15 is 0 Å². The molecule has 2 aromatic carbocycles. The van der Waals surface area contributed by atoms with Gasteiger partial charge in [0.1, 0.15) is 5.75 Å². The summed E-state index contributed by atoms with van der Waals surface area (Å²) in [6, 6.07) is 15.3. The molecule has 0 atom stereocenters. The average molecular weight is 387 g/mol. The first-order valence-corrected chi connectivity index (χ1v) is 8.46. The van der Waals surface area contributed by atoms with Crippen LogP contribution in [0.5, 0.6) is 5.75 Å². The number of hydrogen-bond acceptors (Lipinski definition) is 4. The van der Waals surface area contributed by atoms with Crippen molar-refractivity contribution in [3.8, 4) is 5.75 Å². The minimum absolute atomic E-state index is 0.269. The van der Waals surface area contributed by atoms with Crippen LogP contribution in [0.4, 0.5) is 24.7 Å². The fourth-order valence-corrected chi connectivity index (χ4v) is 2.93. The second-order valence-corrected chi connectivity index (χ2v) is 6.27. The number of hydrogen-bond donors (Lipinski definition) is 2. The molecule has 9 heteroatoms. The first kappa shape index (κ1) is 17.9. The van der Waals surface area contributed by atoms with E-state index in [2.05, 4.69) is 25.4 Å². The van der Waals surface area contributed by atoms with Gasteiger partial charge in [0.2, 0.25) is 0 Å². The van der Waals surface area contributed by atoms with Crippen LogP contribution in [0, 0.1) is 6.92 Å². The summed E-state index contributed by atoms with van der Waals surface area (Å²) in [6.45, 7) is 2.41. The quantitative estimate of drug-likeness (QED) is 0.706. The number of anilines is 1. The Labute approximate surface area is 158 Å². The number of amidine groups is 1. The zero-order chi connectivity index (χ0) is 19.7. The van der Waals surface area contributed by atoms with Crippen LogP contribution in [0.3, 0.4) is 0 Å². The molecule has 1 aromatic heterocycles. The zero-order valence-corrected chi connectivity index (χ0v) is 14.8. The standard InChI is InChI=1S/C19H16F3N5O/c1-12-10-17(25-24-12)23-18-16-5-3-2-4-13(16)11-27(26-18)14-6-8-15(9-7-14)28-19(20,21)22/h2-10H,11H2,1H3,(H2,23,24,25,26). The third kappa shape index (κ3) is 3.93. The van der Waals surface area contributed by atoms with Gasteiger partial charge in [-0.25, -0.2) is 4.99 Å². The predicted octanol–water partition coefficient (Wildman–Crippen LogP) is 4.22. The minimum atomic E-state index is -4.72. The molecule has 28 heavy (non-hydrogen) atoms. The molecule has 0 unspecified atom stereocenters. The Kier molecular flexibility index (Phi) is 4.42. The molecular formula is C19H16F3N5O. The number of nitrogens with zero attached hydrogens (tertiary/aromatic N) is 3. The summed E-state index contributed by atoms with van der Waals surface area (Å²) in [5.74, 6) is 0.865. The summed E-state index contributed by atoms with van der Waals surface area (Å²) < 4.78 is 41.0. The highest BCUT2D eigenvalue weighted by atomic mass is 19.4. The van der Waals surface area contributed by atoms with Crippen LogP contribution >= 0.6 is 0 Å². The third-order valence-electron chi connectivity index (χ3n) is 4.14. The molecule has 0 amide bonds. The summed E-state index contributed by atoms with van der Waals surface area (Å²) in [7, 11) is 0. The molecule has 144 valence electrons. The lowest BCUT2D eigenvalue weighted by atomic mass is 10.0. The number of aryl methyl sites for hydroxylation is 1. The lowest BCUT2D eigenvalue weighted by molar-refractivity contribution is -0.274. The maximum absolute atomic E-state index is 12.4. The first-order valence-electron chi connectivity index (χ1n) is 8.46. The number of benzene rings is 2. The van der Waals surface area contributed by atoms with Gasteiger partial charge in [0.25, 0.3) is 0 Å². The highest BCUT2D eigenvalue weighted by Crippen LogP contribution is 2.27. The molecule has 0 bridgehead atoms. The Morgan fingerprint density at radius 3 is 2.54 bits per heavy atom. The van der Waals surface area contributed by atoms with Gasteiger partial charge in [0, 0.05) is 17.3 Å². The second-order valence-electron chi connectivity index (χ2n) is 6.27. The molecule has 1 aliphatic rings.